The molecule has 0 saturated carbocycles. The number of likely N-dealkylation sites (N-methyl/N-ethyl adjacent to an activating group) is 1. The van der Waals surface area contributed by atoms with Crippen LogP contribution in [0.5, 0.6) is 0 Å². The molecule has 0 aliphatic rings. The molecule has 0 amide bonds. The van der Waals surface area contributed by atoms with Gasteiger partial charge in [-0.15, -0.1) is 0 Å². The molecule has 0 saturated heterocycles. The van der Waals surface area contributed by atoms with Gasteiger partial charge in [0.1, 0.15) is 0 Å². The zero-order valence-electron chi connectivity index (χ0n) is 13.9. The van der Waals surface area contributed by atoms with Gasteiger partial charge >= 0.3 is 0 Å². The van der Waals surface area contributed by atoms with Crippen molar-refractivity contribution in [2.24, 2.45) is 0 Å². The van der Waals surface area contributed by atoms with E-state index in [0.717, 1.165) is 17.9 Å². The first-order valence-corrected chi connectivity index (χ1v) is 12.3. The molecule has 1 aromatic heterocycles. The van der Waals surface area contributed by atoms with Crippen molar-refractivity contribution in [1.82, 2.24) is 9.62 Å². The number of benzene rings is 1. The predicted molar refractivity (Wildman–Crippen MR) is 103 cm³/mol. The highest BCUT2D eigenvalue weighted by Crippen LogP contribution is 2.26. The van der Waals surface area contributed by atoms with Gasteiger partial charge < -0.3 is 4.90 Å². The molecule has 6 nitrogen and oxygen atoms in total. The van der Waals surface area contributed by atoms with Gasteiger partial charge in [-0.3, -0.25) is 0 Å². The Bertz CT molecular complexity index is 939. The fourth-order valence-corrected chi connectivity index (χ4v) is 5.70. The smallest absolute Gasteiger partial charge is 0.241 e. The highest BCUT2D eigenvalue weighted by atomic mass is 79.9. The number of hydrogen-bond donors (Lipinski definition) is 1. The summed E-state index contributed by atoms with van der Waals surface area (Å²) in [6.07, 6.45) is 1.04. The number of halogens is 1. The van der Waals surface area contributed by atoms with E-state index in [1.807, 2.05) is 35.8 Å². The van der Waals surface area contributed by atoms with Crippen LogP contribution in [0.2, 0.25) is 0 Å². The van der Waals surface area contributed by atoms with E-state index in [0.29, 0.717) is 4.47 Å². The SMILES string of the molecule is CN(C)C(CNS(=O)(=O)c1cc(S(C)(=O)=O)ccc1Br)c1ccsc1. The fraction of sp³-hybridized carbons (Fsp3) is 0.333. The predicted octanol–water partition coefficient (Wildman–Crippen LogP) is 2.50. The lowest BCUT2D eigenvalue weighted by molar-refractivity contribution is 0.300. The number of thiophene rings is 1. The number of nitrogens with zero attached hydrogens (tertiary/aromatic N) is 1. The van der Waals surface area contributed by atoms with Gasteiger partial charge in [-0.1, -0.05) is 0 Å². The number of hydrogen-bond acceptors (Lipinski definition) is 6. The van der Waals surface area contributed by atoms with Crippen LogP contribution in [0.4, 0.5) is 0 Å². The van der Waals surface area contributed by atoms with Crippen molar-refractivity contribution in [2.75, 3.05) is 26.9 Å². The zero-order valence-corrected chi connectivity index (χ0v) is 18.0. The summed E-state index contributed by atoms with van der Waals surface area (Å²) < 4.78 is 51.6. The van der Waals surface area contributed by atoms with Crippen LogP contribution in [-0.4, -0.2) is 48.6 Å². The van der Waals surface area contributed by atoms with Gasteiger partial charge in [-0.2, -0.15) is 11.3 Å². The summed E-state index contributed by atoms with van der Waals surface area (Å²) in [5.74, 6) is 0. The number of sulfonamides is 1. The van der Waals surface area contributed by atoms with Crippen LogP contribution in [-0.2, 0) is 19.9 Å². The molecule has 1 atom stereocenters. The third kappa shape index (κ3) is 5.11. The van der Waals surface area contributed by atoms with E-state index >= 15 is 0 Å². The lowest BCUT2D eigenvalue weighted by atomic mass is 10.1. The van der Waals surface area contributed by atoms with Crippen LogP contribution in [0.1, 0.15) is 11.6 Å². The molecule has 10 heteroatoms. The summed E-state index contributed by atoms with van der Waals surface area (Å²) in [5, 5.41) is 3.91. The maximum atomic E-state index is 12.7. The van der Waals surface area contributed by atoms with Crippen LogP contribution < -0.4 is 4.72 Å². The zero-order chi connectivity index (χ0) is 18.8. The molecule has 0 spiro atoms. The summed E-state index contributed by atoms with van der Waals surface area (Å²) in [5.41, 5.74) is 1.02. The summed E-state index contributed by atoms with van der Waals surface area (Å²) in [7, 11) is -3.64. The Morgan fingerprint density at radius 1 is 1.20 bits per heavy atom. The standard InChI is InChI=1S/C15H19BrN2O4S3/c1-18(2)14(11-6-7-23-10-11)9-17-25(21,22)15-8-12(24(3,19)20)4-5-13(15)16/h4-8,10,14,17H,9H2,1-3H3. The molecule has 1 N–H and O–H groups in total. The minimum atomic E-state index is -3.88. The molecule has 0 fully saturated rings. The minimum Gasteiger partial charge on any atom is -0.301 e. The third-order valence-electron chi connectivity index (χ3n) is 3.64. The van der Waals surface area contributed by atoms with E-state index in [4.69, 9.17) is 0 Å². The van der Waals surface area contributed by atoms with Crippen molar-refractivity contribution in [2.45, 2.75) is 15.8 Å². The molecule has 138 valence electrons. The van der Waals surface area contributed by atoms with Crippen molar-refractivity contribution < 1.29 is 16.8 Å². The van der Waals surface area contributed by atoms with Crippen molar-refractivity contribution >= 4 is 47.1 Å². The molecular formula is C15H19BrN2O4S3. The quantitative estimate of drug-likeness (QED) is 0.677. The van der Waals surface area contributed by atoms with Crippen LogP contribution in [0.15, 0.2) is 49.3 Å². The average molecular weight is 467 g/mol. The highest BCUT2D eigenvalue weighted by Gasteiger charge is 2.23. The van der Waals surface area contributed by atoms with E-state index in [-0.39, 0.29) is 22.4 Å². The molecule has 0 bridgehead atoms. The molecular weight excluding hydrogens is 448 g/mol. The summed E-state index contributed by atoms with van der Waals surface area (Å²) in [4.78, 5) is 1.78. The van der Waals surface area contributed by atoms with Gasteiger partial charge in [0.25, 0.3) is 0 Å². The molecule has 2 aromatic rings. The summed E-state index contributed by atoms with van der Waals surface area (Å²) in [6.45, 7) is 0.168. The lowest BCUT2D eigenvalue weighted by Crippen LogP contribution is -2.34. The van der Waals surface area contributed by atoms with Gasteiger partial charge in [0.15, 0.2) is 9.84 Å². The Hall–Kier alpha value is -0.780. The molecule has 0 radical (unpaired) electrons. The maximum Gasteiger partial charge on any atom is 0.241 e. The Kier molecular flexibility index (Phi) is 6.45. The fourth-order valence-electron chi connectivity index (χ4n) is 2.25. The summed E-state index contributed by atoms with van der Waals surface area (Å²) in [6, 6.07) is 5.78. The van der Waals surface area contributed by atoms with Gasteiger partial charge in [0.2, 0.25) is 10.0 Å². The molecule has 1 aromatic carbocycles. The van der Waals surface area contributed by atoms with Crippen LogP contribution >= 0.6 is 27.3 Å². The minimum absolute atomic E-state index is 0.0435. The van der Waals surface area contributed by atoms with Crippen molar-refractivity contribution in [1.29, 1.82) is 0 Å². The van der Waals surface area contributed by atoms with E-state index in [1.54, 1.807) is 11.3 Å². The van der Waals surface area contributed by atoms with E-state index in [9.17, 15) is 16.8 Å². The second kappa shape index (κ2) is 7.85. The van der Waals surface area contributed by atoms with Gasteiger partial charge in [-0.25, -0.2) is 21.6 Å². The van der Waals surface area contributed by atoms with E-state index < -0.39 is 19.9 Å². The average Bonchev–Trinajstić information content (AvgIpc) is 3.00. The maximum absolute atomic E-state index is 12.7. The molecule has 0 aliphatic carbocycles. The Balaban J connectivity index is 2.30. The first kappa shape index (κ1) is 20.5. The second-order valence-corrected chi connectivity index (χ2v) is 11.1. The summed E-state index contributed by atoms with van der Waals surface area (Å²) >= 11 is 4.73. The topological polar surface area (TPSA) is 83.6 Å². The van der Waals surface area contributed by atoms with Gasteiger partial charge in [0.05, 0.1) is 9.79 Å². The number of sulfone groups is 1. The van der Waals surface area contributed by atoms with Crippen molar-refractivity contribution in [3.8, 4) is 0 Å². The van der Waals surface area contributed by atoms with Crippen LogP contribution in [0.3, 0.4) is 0 Å². The molecule has 25 heavy (non-hydrogen) atoms. The molecule has 1 heterocycles. The highest BCUT2D eigenvalue weighted by molar-refractivity contribution is 9.10. The molecule has 1 unspecified atom stereocenters. The van der Waals surface area contributed by atoms with Gasteiger partial charge in [-0.05, 0) is 70.6 Å². The Labute approximate surface area is 161 Å². The first-order chi connectivity index (χ1) is 11.5. The van der Waals surface area contributed by atoms with E-state index in [2.05, 4.69) is 20.7 Å². The molecule has 2 rings (SSSR count). The lowest BCUT2D eigenvalue weighted by Gasteiger charge is -2.24. The van der Waals surface area contributed by atoms with Crippen molar-refractivity contribution in [3.05, 3.63) is 45.1 Å². The van der Waals surface area contributed by atoms with E-state index in [1.165, 1.54) is 12.1 Å². The number of rotatable bonds is 7. The first-order valence-electron chi connectivity index (χ1n) is 7.20. The Morgan fingerprint density at radius 2 is 1.88 bits per heavy atom. The van der Waals surface area contributed by atoms with Crippen molar-refractivity contribution in [3.63, 3.8) is 0 Å². The normalized spacial score (nSPS) is 14.0. The Morgan fingerprint density at radius 3 is 2.40 bits per heavy atom. The largest absolute Gasteiger partial charge is 0.301 e. The monoisotopic (exact) mass is 466 g/mol. The number of nitrogens with one attached hydrogen (secondary N) is 1. The van der Waals surface area contributed by atoms with Crippen LogP contribution in [0.25, 0.3) is 0 Å². The third-order valence-corrected chi connectivity index (χ3v) is 7.87. The van der Waals surface area contributed by atoms with Gasteiger partial charge in [0, 0.05) is 23.3 Å². The van der Waals surface area contributed by atoms with Crippen LogP contribution in [0, 0.1) is 0 Å². The molecule has 0 aliphatic heterocycles. The second-order valence-electron chi connectivity index (χ2n) is 5.75.